The normalized spacial score (nSPS) is 32.0. The van der Waals surface area contributed by atoms with Crippen LogP contribution in [0.2, 0.25) is 0 Å². The van der Waals surface area contributed by atoms with Gasteiger partial charge in [0.05, 0.1) is 31.8 Å². The molecule has 3 aliphatic heterocycles. The van der Waals surface area contributed by atoms with E-state index in [1.165, 1.54) is 38.5 Å². The topological polar surface area (TPSA) is 138 Å². The van der Waals surface area contributed by atoms with Gasteiger partial charge in [0, 0.05) is 57.7 Å². The number of hydrogen-bond donors (Lipinski definition) is 2. The number of allylic oxidation sites excluding steroid dienone is 2. The Bertz CT molecular complexity index is 1240. The summed E-state index contributed by atoms with van der Waals surface area (Å²) in [6, 6.07) is 0.630. The van der Waals surface area contributed by atoms with E-state index >= 15 is 0 Å². The standard InChI is InChI=1S/C40H65N3O9/c1-29(27-50-39(47)43-21-11-16-33(43)28-49-5)12-10-13-30(2)37-31(3)17-18-35(40(4,48)20-19-34(44)26-36(45)52-37)51-38(46)42-24-22-41(23-25-42)32-14-8-6-7-9-15-32/h10,12-13,17-18,29,31-35,37,44,48H,6-9,11,14-16,19-28H2,1-5H3/b12-10+,18-17+,30-13+/t29-,31-,33+,34-,35-,37+,40-/m0/s1. The van der Waals surface area contributed by atoms with Crippen molar-refractivity contribution in [2.24, 2.45) is 11.8 Å². The van der Waals surface area contributed by atoms with Gasteiger partial charge in [0.25, 0.3) is 0 Å². The lowest BCUT2D eigenvalue weighted by atomic mass is 9.89. The van der Waals surface area contributed by atoms with Gasteiger partial charge in [-0.2, -0.15) is 0 Å². The number of cyclic esters (lactones) is 1. The maximum atomic E-state index is 13.5. The summed E-state index contributed by atoms with van der Waals surface area (Å²) in [5.74, 6) is -0.931. The van der Waals surface area contributed by atoms with E-state index in [1.807, 2.05) is 45.1 Å². The highest BCUT2D eigenvalue weighted by Gasteiger charge is 2.37. The predicted octanol–water partition coefficient (Wildman–Crippen LogP) is 5.62. The molecular formula is C40H65N3O9. The van der Waals surface area contributed by atoms with E-state index in [0.29, 0.717) is 32.3 Å². The Kier molecular flexibility index (Phi) is 16.5. The molecule has 2 N–H and O–H groups in total. The van der Waals surface area contributed by atoms with Crippen LogP contribution in [0, 0.1) is 11.8 Å². The number of nitrogens with zero attached hydrogens (tertiary/aromatic N) is 3. The molecule has 0 unspecified atom stereocenters. The minimum absolute atomic E-state index is 0.0461. The Morgan fingerprint density at radius 3 is 2.42 bits per heavy atom. The molecule has 0 aromatic carbocycles. The SMILES string of the molecule is COC[C@H]1CCCN1C(=O)OC[C@@H](C)/C=C/C=C(\C)[C@H]1OC(=O)C[C@@H](O)CC[C@](C)(O)[C@@H](OC(=O)N2CCN(C3CCCCCC3)CC2)/C=C/[C@@H]1C. The van der Waals surface area contributed by atoms with Crippen molar-refractivity contribution in [3.8, 4) is 0 Å². The van der Waals surface area contributed by atoms with Gasteiger partial charge in [0.2, 0.25) is 0 Å². The molecule has 7 atom stereocenters. The number of likely N-dealkylation sites (tertiary alicyclic amines) is 1. The number of amides is 2. The van der Waals surface area contributed by atoms with Crippen LogP contribution in [-0.4, -0.2) is 132 Å². The summed E-state index contributed by atoms with van der Waals surface area (Å²) in [4.78, 5) is 45.0. The van der Waals surface area contributed by atoms with Crippen LogP contribution >= 0.6 is 0 Å². The first-order chi connectivity index (χ1) is 24.9. The smallest absolute Gasteiger partial charge is 0.410 e. The molecule has 0 bridgehead atoms. The number of rotatable bonds is 9. The summed E-state index contributed by atoms with van der Waals surface area (Å²) in [6.07, 6.45) is 15.2. The molecule has 0 radical (unpaired) electrons. The third-order valence-corrected chi connectivity index (χ3v) is 11.2. The fourth-order valence-corrected chi connectivity index (χ4v) is 7.80. The Morgan fingerprint density at radius 2 is 1.73 bits per heavy atom. The number of carbonyl (C=O) groups excluding carboxylic acids is 3. The highest BCUT2D eigenvalue weighted by Crippen LogP contribution is 2.28. The summed E-state index contributed by atoms with van der Waals surface area (Å²) < 4.78 is 22.7. The number of piperazine rings is 1. The predicted molar refractivity (Wildman–Crippen MR) is 199 cm³/mol. The molecule has 52 heavy (non-hydrogen) atoms. The summed E-state index contributed by atoms with van der Waals surface area (Å²) >= 11 is 0. The largest absolute Gasteiger partial charge is 0.457 e. The Hall–Kier alpha value is -2.93. The number of aliphatic hydroxyl groups is 2. The second-order valence-electron chi connectivity index (χ2n) is 15.7. The molecule has 0 spiro atoms. The number of ether oxygens (including phenoxy) is 4. The molecule has 3 heterocycles. The van der Waals surface area contributed by atoms with E-state index in [2.05, 4.69) is 4.90 Å². The van der Waals surface area contributed by atoms with Gasteiger partial charge in [-0.1, -0.05) is 63.8 Å². The average Bonchev–Trinajstić information content (AvgIpc) is 3.41. The van der Waals surface area contributed by atoms with Crippen LogP contribution in [0.4, 0.5) is 9.59 Å². The number of methoxy groups -OCH3 is 1. The monoisotopic (exact) mass is 731 g/mol. The fourth-order valence-electron chi connectivity index (χ4n) is 7.80. The van der Waals surface area contributed by atoms with Crippen molar-refractivity contribution < 1.29 is 43.5 Å². The minimum Gasteiger partial charge on any atom is -0.457 e. The molecule has 2 amide bonds. The van der Waals surface area contributed by atoms with Crippen molar-refractivity contribution >= 4 is 18.2 Å². The maximum absolute atomic E-state index is 13.5. The zero-order chi connectivity index (χ0) is 37.7. The molecule has 1 saturated carbocycles. The lowest BCUT2D eigenvalue weighted by Gasteiger charge is -2.40. The van der Waals surface area contributed by atoms with Crippen LogP contribution in [0.1, 0.15) is 98.3 Å². The van der Waals surface area contributed by atoms with E-state index in [-0.39, 0.29) is 49.8 Å². The van der Waals surface area contributed by atoms with Gasteiger partial charge in [-0.25, -0.2) is 9.59 Å². The van der Waals surface area contributed by atoms with Crippen molar-refractivity contribution in [2.45, 2.75) is 134 Å². The Morgan fingerprint density at radius 1 is 1.02 bits per heavy atom. The summed E-state index contributed by atoms with van der Waals surface area (Å²) in [5, 5.41) is 22.2. The van der Waals surface area contributed by atoms with Gasteiger partial charge in [0.1, 0.15) is 11.7 Å². The molecule has 12 nitrogen and oxygen atoms in total. The van der Waals surface area contributed by atoms with Crippen LogP contribution in [0.15, 0.2) is 36.0 Å². The highest BCUT2D eigenvalue weighted by atomic mass is 16.6. The van der Waals surface area contributed by atoms with Gasteiger partial charge in [0.15, 0.2) is 6.10 Å². The zero-order valence-corrected chi connectivity index (χ0v) is 32.2. The van der Waals surface area contributed by atoms with E-state index in [1.54, 1.807) is 29.9 Å². The van der Waals surface area contributed by atoms with Gasteiger partial charge >= 0.3 is 18.2 Å². The lowest BCUT2D eigenvalue weighted by Crippen LogP contribution is -2.53. The zero-order valence-electron chi connectivity index (χ0n) is 32.2. The minimum atomic E-state index is -1.47. The van der Waals surface area contributed by atoms with Crippen LogP contribution in [-0.2, 0) is 23.7 Å². The van der Waals surface area contributed by atoms with E-state index in [0.717, 1.165) is 31.5 Å². The molecule has 4 aliphatic rings. The van der Waals surface area contributed by atoms with Crippen molar-refractivity contribution in [1.82, 2.24) is 14.7 Å². The van der Waals surface area contributed by atoms with Gasteiger partial charge < -0.3 is 39.0 Å². The number of hydrogen-bond acceptors (Lipinski definition) is 10. The summed E-state index contributed by atoms with van der Waals surface area (Å²) in [6.45, 7) is 11.5. The van der Waals surface area contributed by atoms with Crippen molar-refractivity contribution in [1.29, 1.82) is 0 Å². The molecule has 2 saturated heterocycles. The first kappa shape index (κ1) is 41.8. The number of aliphatic hydroxyl groups excluding tert-OH is 1. The van der Waals surface area contributed by atoms with Crippen LogP contribution in [0.3, 0.4) is 0 Å². The van der Waals surface area contributed by atoms with E-state index in [4.69, 9.17) is 18.9 Å². The van der Waals surface area contributed by atoms with E-state index in [9.17, 15) is 24.6 Å². The van der Waals surface area contributed by atoms with Crippen molar-refractivity contribution in [3.05, 3.63) is 36.0 Å². The second-order valence-corrected chi connectivity index (χ2v) is 15.7. The van der Waals surface area contributed by atoms with Crippen molar-refractivity contribution in [3.63, 3.8) is 0 Å². The number of carbonyl (C=O) groups is 3. The third kappa shape index (κ3) is 12.6. The van der Waals surface area contributed by atoms with Crippen LogP contribution in [0.5, 0.6) is 0 Å². The average molecular weight is 732 g/mol. The third-order valence-electron chi connectivity index (χ3n) is 11.2. The molecule has 12 heteroatoms. The molecule has 1 aliphatic carbocycles. The number of esters is 1. The molecule has 0 aromatic heterocycles. The quantitative estimate of drug-likeness (QED) is 0.101. The van der Waals surface area contributed by atoms with Gasteiger partial charge in [-0.3, -0.25) is 9.69 Å². The van der Waals surface area contributed by atoms with Gasteiger partial charge in [-0.15, -0.1) is 0 Å². The van der Waals surface area contributed by atoms with Crippen LogP contribution in [0.25, 0.3) is 0 Å². The molecule has 3 fully saturated rings. The second kappa shape index (κ2) is 20.5. The molecule has 4 rings (SSSR count). The Labute approximate surface area is 311 Å². The lowest BCUT2D eigenvalue weighted by molar-refractivity contribution is -0.151. The highest BCUT2D eigenvalue weighted by molar-refractivity contribution is 5.70. The summed E-state index contributed by atoms with van der Waals surface area (Å²) in [7, 11) is 1.63. The first-order valence-corrected chi connectivity index (χ1v) is 19.6. The maximum Gasteiger partial charge on any atom is 0.410 e. The molecule has 0 aromatic rings. The molecule has 294 valence electrons. The van der Waals surface area contributed by atoms with E-state index < -0.39 is 36.0 Å². The van der Waals surface area contributed by atoms with Crippen molar-refractivity contribution in [2.75, 3.05) is 53.0 Å². The first-order valence-electron chi connectivity index (χ1n) is 19.6. The Balaban J connectivity index is 1.38. The fraction of sp³-hybridized carbons (Fsp3) is 0.775. The summed E-state index contributed by atoms with van der Waals surface area (Å²) in [5.41, 5.74) is -0.704. The van der Waals surface area contributed by atoms with Gasteiger partial charge in [-0.05, 0) is 64.0 Å². The molecular weight excluding hydrogens is 666 g/mol. The van der Waals surface area contributed by atoms with Crippen LogP contribution < -0.4 is 0 Å².